The summed E-state index contributed by atoms with van der Waals surface area (Å²) in [7, 11) is 0. The molecule has 0 bridgehead atoms. The summed E-state index contributed by atoms with van der Waals surface area (Å²) in [5.41, 5.74) is 8.39. The third kappa shape index (κ3) is 4.64. The molecule has 0 spiro atoms. The Morgan fingerprint density at radius 3 is 2.29 bits per heavy atom. The summed E-state index contributed by atoms with van der Waals surface area (Å²) in [6.45, 7) is 2.03. The molecule has 0 radical (unpaired) electrons. The highest BCUT2D eigenvalue weighted by atomic mass is 79.9. The molecule has 0 aromatic heterocycles. The summed E-state index contributed by atoms with van der Waals surface area (Å²) in [5.74, 6) is 0. The highest BCUT2D eigenvalue weighted by Gasteiger charge is 2.18. The second kappa shape index (κ2) is 8.29. The van der Waals surface area contributed by atoms with E-state index in [1.165, 1.54) is 11.1 Å². The van der Waals surface area contributed by atoms with Gasteiger partial charge in [0.2, 0.25) is 0 Å². The maximum Gasteiger partial charge on any atom is 0.0558 e. The van der Waals surface area contributed by atoms with E-state index in [-0.39, 0.29) is 12.6 Å². The highest BCUT2D eigenvalue weighted by Crippen LogP contribution is 2.23. The third-order valence-corrected chi connectivity index (χ3v) is 4.06. The summed E-state index contributed by atoms with van der Waals surface area (Å²) in [6.07, 6.45) is 0. The molecule has 0 aliphatic heterocycles. The zero-order valence-corrected chi connectivity index (χ0v) is 13.5. The largest absolute Gasteiger partial charge is 0.395 e. The molecule has 2 aromatic carbocycles. The number of hydrogen-bond donors (Lipinski definition) is 2. The normalized spacial score (nSPS) is 12.6. The SMILES string of the molecule is NCC(c1ccc(Br)cc1)N(CCO)Cc1ccccc1. The van der Waals surface area contributed by atoms with Crippen molar-refractivity contribution in [2.75, 3.05) is 19.7 Å². The van der Waals surface area contributed by atoms with Crippen LogP contribution < -0.4 is 5.73 Å². The molecule has 0 saturated heterocycles. The molecule has 2 aromatic rings. The smallest absolute Gasteiger partial charge is 0.0558 e. The Bertz CT molecular complexity index is 530. The molecule has 0 fully saturated rings. The van der Waals surface area contributed by atoms with Crippen LogP contribution in [-0.4, -0.2) is 29.7 Å². The van der Waals surface area contributed by atoms with E-state index in [1.807, 2.05) is 30.3 Å². The molecule has 112 valence electrons. The molecular formula is C17H21BrN2O. The predicted octanol–water partition coefficient (Wildman–Crippen LogP) is 2.94. The Morgan fingerprint density at radius 1 is 1.05 bits per heavy atom. The van der Waals surface area contributed by atoms with Gasteiger partial charge in [-0.1, -0.05) is 58.4 Å². The van der Waals surface area contributed by atoms with Gasteiger partial charge >= 0.3 is 0 Å². The third-order valence-electron chi connectivity index (χ3n) is 3.53. The van der Waals surface area contributed by atoms with Gasteiger partial charge in [-0.2, -0.15) is 0 Å². The Kier molecular flexibility index (Phi) is 6.39. The van der Waals surface area contributed by atoms with E-state index in [0.29, 0.717) is 13.1 Å². The summed E-state index contributed by atoms with van der Waals surface area (Å²) in [4.78, 5) is 2.22. The van der Waals surface area contributed by atoms with Crippen LogP contribution in [0.25, 0.3) is 0 Å². The lowest BCUT2D eigenvalue weighted by Crippen LogP contribution is -2.35. The Morgan fingerprint density at radius 2 is 1.71 bits per heavy atom. The van der Waals surface area contributed by atoms with Crippen molar-refractivity contribution in [1.29, 1.82) is 0 Å². The van der Waals surface area contributed by atoms with Gasteiger partial charge < -0.3 is 10.8 Å². The molecular weight excluding hydrogens is 328 g/mol. The zero-order chi connectivity index (χ0) is 15.1. The van der Waals surface area contributed by atoms with Crippen molar-refractivity contribution >= 4 is 15.9 Å². The highest BCUT2D eigenvalue weighted by molar-refractivity contribution is 9.10. The van der Waals surface area contributed by atoms with Crippen LogP contribution in [0.3, 0.4) is 0 Å². The Labute approximate surface area is 134 Å². The molecule has 1 unspecified atom stereocenters. The fourth-order valence-electron chi connectivity index (χ4n) is 2.47. The van der Waals surface area contributed by atoms with E-state index in [9.17, 15) is 5.11 Å². The minimum atomic E-state index is 0.102. The lowest BCUT2D eigenvalue weighted by molar-refractivity contribution is 0.146. The fourth-order valence-corrected chi connectivity index (χ4v) is 2.74. The number of aliphatic hydroxyl groups is 1. The average Bonchev–Trinajstić information content (AvgIpc) is 2.51. The van der Waals surface area contributed by atoms with Crippen LogP contribution in [0, 0.1) is 0 Å². The monoisotopic (exact) mass is 348 g/mol. The van der Waals surface area contributed by atoms with Gasteiger partial charge in [0.1, 0.15) is 0 Å². The van der Waals surface area contributed by atoms with Crippen LogP contribution in [0.5, 0.6) is 0 Å². The quantitative estimate of drug-likeness (QED) is 0.808. The van der Waals surface area contributed by atoms with Gasteiger partial charge in [0.05, 0.1) is 6.61 Å². The van der Waals surface area contributed by atoms with E-state index >= 15 is 0 Å². The van der Waals surface area contributed by atoms with E-state index in [0.717, 1.165) is 11.0 Å². The van der Waals surface area contributed by atoms with Crippen molar-refractivity contribution in [3.8, 4) is 0 Å². The van der Waals surface area contributed by atoms with Crippen molar-refractivity contribution in [1.82, 2.24) is 4.90 Å². The van der Waals surface area contributed by atoms with Crippen molar-refractivity contribution in [2.24, 2.45) is 5.73 Å². The predicted molar refractivity (Wildman–Crippen MR) is 89.9 cm³/mol. The van der Waals surface area contributed by atoms with Crippen molar-refractivity contribution < 1.29 is 5.11 Å². The van der Waals surface area contributed by atoms with Crippen LogP contribution in [0.2, 0.25) is 0 Å². The maximum atomic E-state index is 9.36. The maximum absolute atomic E-state index is 9.36. The van der Waals surface area contributed by atoms with Gasteiger partial charge in [0.25, 0.3) is 0 Å². The molecule has 1 atom stereocenters. The van der Waals surface area contributed by atoms with Gasteiger partial charge in [-0.25, -0.2) is 0 Å². The van der Waals surface area contributed by atoms with Gasteiger partial charge in [0, 0.05) is 30.1 Å². The van der Waals surface area contributed by atoms with Crippen molar-refractivity contribution in [2.45, 2.75) is 12.6 Å². The second-order valence-electron chi connectivity index (χ2n) is 4.98. The number of nitrogens with two attached hydrogens (primary N) is 1. The van der Waals surface area contributed by atoms with Crippen LogP contribution in [-0.2, 0) is 6.54 Å². The van der Waals surface area contributed by atoms with Crippen molar-refractivity contribution in [3.63, 3.8) is 0 Å². The standard InChI is InChI=1S/C17H21BrN2O/c18-16-8-6-15(7-9-16)17(12-19)20(10-11-21)13-14-4-2-1-3-5-14/h1-9,17,21H,10-13,19H2. The molecule has 0 aliphatic carbocycles. The fraction of sp³-hybridized carbons (Fsp3) is 0.294. The first kappa shape index (κ1) is 16.2. The molecule has 2 rings (SSSR count). The van der Waals surface area contributed by atoms with Gasteiger partial charge in [-0.05, 0) is 23.3 Å². The van der Waals surface area contributed by atoms with Gasteiger partial charge in [-0.3, -0.25) is 4.90 Å². The average molecular weight is 349 g/mol. The second-order valence-corrected chi connectivity index (χ2v) is 5.90. The minimum absolute atomic E-state index is 0.102. The van der Waals surface area contributed by atoms with Crippen molar-refractivity contribution in [3.05, 3.63) is 70.2 Å². The summed E-state index contributed by atoms with van der Waals surface area (Å²) < 4.78 is 1.05. The first-order valence-electron chi connectivity index (χ1n) is 7.09. The lowest BCUT2D eigenvalue weighted by atomic mass is 10.0. The van der Waals surface area contributed by atoms with E-state index in [1.54, 1.807) is 0 Å². The van der Waals surface area contributed by atoms with Crippen LogP contribution in [0.4, 0.5) is 0 Å². The zero-order valence-electron chi connectivity index (χ0n) is 12.0. The topological polar surface area (TPSA) is 49.5 Å². The Balaban J connectivity index is 2.19. The van der Waals surface area contributed by atoms with E-state index in [2.05, 4.69) is 45.1 Å². The summed E-state index contributed by atoms with van der Waals surface area (Å²) in [5, 5.41) is 9.36. The van der Waals surface area contributed by atoms with Gasteiger partial charge in [0.15, 0.2) is 0 Å². The number of benzene rings is 2. The number of aliphatic hydroxyl groups excluding tert-OH is 1. The summed E-state index contributed by atoms with van der Waals surface area (Å²) >= 11 is 3.45. The molecule has 0 heterocycles. The minimum Gasteiger partial charge on any atom is -0.395 e. The summed E-state index contributed by atoms with van der Waals surface area (Å²) in [6, 6.07) is 18.6. The van der Waals surface area contributed by atoms with Crippen LogP contribution in [0.15, 0.2) is 59.1 Å². The molecule has 3 nitrogen and oxygen atoms in total. The first-order valence-corrected chi connectivity index (χ1v) is 7.88. The van der Waals surface area contributed by atoms with Gasteiger partial charge in [-0.15, -0.1) is 0 Å². The van der Waals surface area contributed by atoms with Crippen LogP contribution >= 0.6 is 15.9 Å². The molecule has 0 amide bonds. The number of rotatable bonds is 7. The first-order chi connectivity index (χ1) is 10.2. The van der Waals surface area contributed by atoms with E-state index < -0.39 is 0 Å². The Hall–Kier alpha value is -1.20. The lowest BCUT2D eigenvalue weighted by Gasteiger charge is -2.31. The number of halogens is 1. The molecule has 0 saturated carbocycles. The number of hydrogen-bond acceptors (Lipinski definition) is 3. The molecule has 3 N–H and O–H groups in total. The van der Waals surface area contributed by atoms with Crippen LogP contribution in [0.1, 0.15) is 17.2 Å². The molecule has 0 aliphatic rings. The number of nitrogens with zero attached hydrogens (tertiary/aromatic N) is 1. The molecule has 21 heavy (non-hydrogen) atoms. The van der Waals surface area contributed by atoms with E-state index in [4.69, 9.17) is 5.73 Å². The molecule has 4 heteroatoms.